The van der Waals surface area contributed by atoms with Gasteiger partial charge in [0.2, 0.25) is 5.88 Å². The Bertz CT molecular complexity index is 1180. The van der Waals surface area contributed by atoms with Crippen LogP contribution in [0.1, 0.15) is 16.7 Å². The van der Waals surface area contributed by atoms with Gasteiger partial charge in [-0.1, -0.05) is 12.1 Å². The maximum Gasteiger partial charge on any atom is 0.416 e. The van der Waals surface area contributed by atoms with E-state index >= 15 is 0 Å². The van der Waals surface area contributed by atoms with Crippen molar-refractivity contribution in [2.45, 2.75) is 12.6 Å². The first kappa shape index (κ1) is 19.6. The smallest absolute Gasteiger partial charge is 0.416 e. The number of anilines is 2. The number of benzene rings is 1. The Morgan fingerprint density at radius 1 is 0.967 bits per heavy atom. The summed E-state index contributed by atoms with van der Waals surface area (Å²) in [5.74, 6) is 0.967. The zero-order chi connectivity index (χ0) is 21.1. The number of hydrogen-bond donors (Lipinski definition) is 1. The summed E-state index contributed by atoms with van der Waals surface area (Å²) in [7, 11) is 1.56. The highest BCUT2D eigenvalue weighted by molar-refractivity contribution is 5.92. The van der Waals surface area contributed by atoms with E-state index in [0.717, 1.165) is 28.8 Å². The van der Waals surface area contributed by atoms with Crippen LogP contribution in [0.5, 0.6) is 5.88 Å². The van der Waals surface area contributed by atoms with Gasteiger partial charge >= 0.3 is 6.18 Å². The molecule has 0 radical (unpaired) electrons. The molecule has 1 N–H and O–H groups in total. The van der Waals surface area contributed by atoms with Crippen LogP contribution < -0.4 is 10.1 Å². The predicted molar refractivity (Wildman–Crippen MR) is 108 cm³/mol. The number of rotatable bonds is 5. The van der Waals surface area contributed by atoms with Crippen LogP contribution in [0.15, 0.2) is 67.1 Å². The Morgan fingerprint density at radius 2 is 1.83 bits per heavy atom. The number of methoxy groups -OCH3 is 1. The van der Waals surface area contributed by atoms with Gasteiger partial charge in [0.1, 0.15) is 5.82 Å². The SMILES string of the molecule is COc1ccc(Cc2cnc(Nc3cccc(C(F)(F)F)c3)c3cccnc23)cn1. The molecular weight excluding hydrogens is 393 g/mol. The normalized spacial score (nSPS) is 11.5. The molecule has 0 amide bonds. The minimum atomic E-state index is -4.41. The lowest BCUT2D eigenvalue weighted by atomic mass is 10.1. The minimum Gasteiger partial charge on any atom is -0.481 e. The van der Waals surface area contributed by atoms with Crippen molar-refractivity contribution in [1.82, 2.24) is 15.0 Å². The summed E-state index contributed by atoms with van der Waals surface area (Å²) in [6.45, 7) is 0. The van der Waals surface area contributed by atoms with Crippen LogP contribution in [0.25, 0.3) is 10.9 Å². The largest absolute Gasteiger partial charge is 0.481 e. The van der Waals surface area contributed by atoms with Crippen molar-refractivity contribution in [3.05, 3.63) is 83.8 Å². The molecule has 5 nitrogen and oxygen atoms in total. The number of halogens is 3. The van der Waals surface area contributed by atoms with Crippen LogP contribution in [-0.2, 0) is 12.6 Å². The number of fused-ring (bicyclic) bond motifs is 1. The van der Waals surface area contributed by atoms with E-state index in [1.807, 2.05) is 12.1 Å². The van der Waals surface area contributed by atoms with Gasteiger partial charge in [0.15, 0.2) is 0 Å². The molecule has 1 aromatic carbocycles. The molecule has 152 valence electrons. The summed E-state index contributed by atoms with van der Waals surface area (Å²) in [5.41, 5.74) is 2.14. The van der Waals surface area contributed by atoms with Gasteiger partial charge in [-0.05, 0) is 35.9 Å². The fourth-order valence-corrected chi connectivity index (χ4v) is 3.12. The van der Waals surface area contributed by atoms with E-state index in [2.05, 4.69) is 20.3 Å². The lowest BCUT2D eigenvalue weighted by molar-refractivity contribution is -0.137. The van der Waals surface area contributed by atoms with Crippen LogP contribution in [-0.4, -0.2) is 22.1 Å². The first-order valence-electron chi connectivity index (χ1n) is 9.10. The molecule has 30 heavy (non-hydrogen) atoms. The number of hydrogen-bond acceptors (Lipinski definition) is 5. The Labute approximate surface area is 170 Å². The van der Waals surface area contributed by atoms with E-state index < -0.39 is 11.7 Å². The summed E-state index contributed by atoms with van der Waals surface area (Å²) in [4.78, 5) is 13.1. The van der Waals surface area contributed by atoms with Crippen molar-refractivity contribution < 1.29 is 17.9 Å². The molecule has 0 aliphatic rings. The molecule has 0 spiro atoms. The molecule has 0 bridgehead atoms. The average molecular weight is 410 g/mol. The third kappa shape index (κ3) is 4.17. The molecule has 0 aliphatic heterocycles. The maximum absolute atomic E-state index is 13.0. The number of nitrogens with one attached hydrogen (secondary N) is 1. The molecule has 0 unspecified atom stereocenters. The van der Waals surface area contributed by atoms with Crippen LogP contribution in [0, 0.1) is 0 Å². The second-order valence-corrected chi connectivity index (χ2v) is 6.62. The van der Waals surface area contributed by atoms with Gasteiger partial charge in [-0.15, -0.1) is 0 Å². The van der Waals surface area contributed by atoms with Crippen LogP contribution in [0.3, 0.4) is 0 Å². The molecular formula is C22H17F3N4O. The molecule has 8 heteroatoms. The zero-order valence-corrected chi connectivity index (χ0v) is 15.9. The fraction of sp³-hybridized carbons (Fsp3) is 0.136. The van der Waals surface area contributed by atoms with Crippen LogP contribution in [0.2, 0.25) is 0 Å². The van der Waals surface area contributed by atoms with Crippen LogP contribution >= 0.6 is 0 Å². The molecule has 0 saturated heterocycles. The van der Waals surface area contributed by atoms with E-state index in [1.165, 1.54) is 6.07 Å². The Hall–Kier alpha value is -3.68. The van der Waals surface area contributed by atoms with Crippen molar-refractivity contribution in [2.24, 2.45) is 0 Å². The highest BCUT2D eigenvalue weighted by Crippen LogP contribution is 2.32. The van der Waals surface area contributed by atoms with Gasteiger partial charge in [0, 0.05) is 47.7 Å². The van der Waals surface area contributed by atoms with Gasteiger partial charge in [0.25, 0.3) is 0 Å². The summed E-state index contributed by atoms with van der Waals surface area (Å²) in [6, 6.07) is 12.3. The van der Waals surface area contributed by atoms with Crippen LogP contribution in [0.4, 0.5) is 24.7 Å². The van der Waals surface area contributed by atoms with E-state index in [1.54, 1.807) is 43.9 Å². The van der Waals surface area contributed by atoms with Gasteiger partial charge < -0.3 is 10.1 Å². The summed E-state index contributed by atoms with van der Waals surface area (Å²) < 4.78 is 44.1. The third-order valence-electron chi connectivity index (χ3n) is 4.57. The minimum absolute atomic E-state index is 0.301. The van der Waals surface area contributed by atoms with E-state index in [-0.39, 0.29) is 0 Å². The second kappa shape index (κ2) is 7.98. The van der Waals surface area contributed by atoms with Gasteiger partial charge in [-0.2, -0.15) is 13.2 Å². The topological polar surface area (TPSA) is 59.9 Å². The van der Waals surface area contributed by atoms with Gasteiger partial charge in [0.05, 0.1) is 18.2 Å². The van der Waals surface area contributed by atoms with E-state index in [9.17, 15) is 13.2 Å². The molecule has 0 aliphatic carbocycles. The van der Waals surface area contributed by atoms with Crippen molar-refractivity contribution in [3.8, 4) is 5.88 Å². The van der Waals surface area contributed by atoms with E-state index in [4.69, 9.17) is 4.74 Å². The maximum atomic E-state index is 13.0. The predicted octanol–water partition coefficient (Wildman–Crippen LogP) is 5.39. The van der Waals surface area contributed by atoms with Crippen molar-refractivity contribution in [1.29, 1.82) is 0 Å². The molecule has 3 heterocycles. The summed E-state index contributed by atoms with van der Waals surface area (Å²) in [5, 5.41) is 3.70. The third-order valence-corrected chi connectivity index (χ3v) is 4.57. The van der Waals surface area contributed by atoms with Gasteiger partial charge in [-0.3, -0.25) is 4.98 Å². The zero-order valence-electron chi connectivity index (χ0n) is 15.9. The average Bonchev–Trinajstić information content (AvgIpc) is 2.75. The number of alkyl halides is 3. The lowest BCUT2D eigenvalue weighted by Gasteiger charge is -2.13. The molecule has 0 fully saturated rings. The van der Waals surface area contributed by atoms with Crippen molar-refractivity contribution >= 4 is 22.4 Å². The highest BCUT2D eigenvalue weighted by atomic mass is 19.4. The second-order valence-electron chi connectivity index (χ2n) is 6.62. The van der Waals surface area contributed by atoms with Gasteiger partial charge in [-0.25, -0.2) is 9.97 Å². The molecule has 4 aromatic rings. The lowest BCUT2D eigenvalue weighted by Crippen LogP contribution is -2.05. The standard InChI is InChI=1S/C22H17F3N4O/c1-30-19-8-7-14(12-27-19)10-15-13-28-21(18-6-3-9-26-20(15)18)29-17-5-2-4-16(11-17)22(23,24)25/h2-9,11-13H,10H2,1H3,(H,28,29). The Kier molecular flexibility index (Phi) is 5.22. The number of aromatic nitrogens is 3. The van der Waals surface area contributed by atoms with Crippen molar-refractivity contribution in [2.75, 3.05) is 12.4 Å². The number of pyridine rings is 3. The molecule has 3 aromatic heterocycles. The Morgan fingerprint density at radius 3 is 2.57 bits per heavy atom. The molecule has 4 rings (SSSR count). The number of nitrogens with zero attached hydrogens (tertiary/aromatic N) is 3. The summed E-state index contributed by atoms with van der Waals surface area (Å²) in [6.07, 6.45) is 1.22. The van der Waals surface area contributed by atoms with E-state index in [0.29, 0.717) is 29.2 Å². The molecule has 0 saturated carbocycles. The monoisotopic (exact) mass is 410 g/mol. The molecule has 0 atom stereocenters. The Balaban J connectivity index is 1.67. The first-order chi connectivity index (χ1) is 14.4. The fourth-order valence-electron chi connectivity index (χ4n) is 3.12. The first-order valence-corrected chi connectivity index (χ1v) is 9.10. The highest BCUT2D eigenvalue weighted by Gasteiger charge is 2.30. The number of ether oxygens (including phenoxy) is 1. The van der Waals surface area contributed by atoms with Crippen molar-refractivity contribution in [3.63, 3.8) is 0 Å². The summed E-state index contributed by atoms with van der Waals surface area (Å²) >= 11 is 0. The quantitative estimate of drug-likeness (QED) is 0.478.